The van der Waals surface area contributed by atoms with Gasteiger partial charge in [-0.2, -0.15) is 0 Å². The van der Waals surface area contributed by atoms with Gasteiger partial charge in [0.15, 0.2) is 0 Å². The van der Waals surface area contributed by atoms with E-state index in [-0.39, 0.29) is 11.9 Å². The van der Waals surface area contributed by atoms with Gasteiger partial charge in [-0.3, -0.25) is 14.7 Å². The number of rotatable bonds is 5. The van der Waals surface area contributed by atoms with Gasteiger partial charge < -0.3 is 5.32 Å². The van der Waals surface area contributed by atoms with Crippen molar-refractivity contribution in [2.75, 3.05) is 19.6 Å². The second kappa shape index (κ2) is 8.06. The number of hydrogen-bond acceptors (Lipinski definition) is 3. The number of aromatic nitrogens is 1. The van der Waals surface area contributed by atoms with E-state index in [1.807, 2.05) is 0 Å². The quantitative estimate of drug-likeness (QED) is 0.918. The maximum atomic E-state index is 12.4. The largest absolute Gasteiger partial charge is 0.350 e. The highest BCUT2D eigenvalue weighted by Gasteiger charge is 2.23. The van der Waals surface area contributed by atoms with Crippen molar-refractivity contribution in [3.05, 3.63) is 65.5 Å². The fourth-order valence-corrected chi connectivity index (χ4v) is 3.27. The van der Waals surface area contributed by atoms with E-state index in [1.54, 1.807) is 24.5 Å². The molecule has 24 heavy (non-hydrogen) atoms. The van der Waals surface area contributed by atoms with Crippen molar-refractivity contribution >= 4 is 5.91 Å². The lowest BCUT2D eigenvalue weighted by atomic mass is 10.0. The summed E-state index contributed by atoms with van der Waals surface area (Å²) in [7, 11) is 0. The molecular weight excluding hydrogens is 298 g/mol. The molecule has 0 saturated carbocycles. The zero-order valence-corrected chi connectivity index (χ0v) is 14.2. The minimum Gasteiger partial charge on any atom is -0.350 e. The van der Waals surface area contributed by atoms with Gasteiger partial charge in [0.05, 0.1) is 6.04 Å². The zero-order chi connectivity index (χ0) is 16.8. The van der Waals surface area contributed by atoms with Crippen molar-refractivity contribution < 1.29 is 4.79 Å². The van der Waals surface area contributed by atoms with Gasteiger partial charge in [0.25, 0.3) is 5.91 Å². The maximum Gasteiger partial charge on any atom is 0.251 e. The predicted molar refractivity (Wildman–Crippen MR) is 95.9 cm³/mol. The fraction of sp³-hybridized carbons (Fsp3) is 0.400. The molecule has 0 radical (unpaired) electrons. The molecule has 1 N–H and O–H groups in total. The van der Waals surface area contributed by atoms with E-state index >= 15 is 0 Å². The fourth-order valence-electron chi connectivity index (χ4n) is 3.27. The lowest BCUT2D eigenvalue weighted by molar-refractivity contribution is 0.0924. The molecule has 1 aliphatic heterocycles. The molecule has 2 heterocycles. The van der Waals surface area contributed by atoms with Crippen LogP contribution < -0.4 is 5.32 Å². The third-order valence-electron chi connectivity index (χ3n) is 4.69. The van der Waals surface area contributed by atoms with Crippen LogP contribution in [0.3, 0.4) is 0 Å². The summed E-state index contributed by atoms with van der Waals surface area (Å²) in [5.74, 6) is -0.0356. The Morgan fingerprint density at radius 2 is 1.75 bits per heavy atom. The number of carbonyl (C=O) groups is 1. The number of piperidine rings is 1. The second-order valence-corrected chi connectivity index (χ2v) is 6.47. The van der Waals surface area contributed by atoms with Gasteiger partial charge in [-0.15, -0.1) is 0 Å². The Balaban J connectivity index is 1.72. The van der Waals surface area contributed by atoms with Gasteiger partial charge in [0.1, 0.15) is 0 Å². The highest BCUT2D eigenvalue weighted by molar-refractivity contribution is 5.93. The van der Waals surface area contributed by atoms with Crippen LogP contribution in [0.2, 0.25) is 0 Å². The lowest BCUT2D eigenvalue weighted by Gasteiger charge is -2.35. The molecule has 0 aliphatic carbocycles. The summed E-state index contributed by atoms with van der Waals surface area (Å²) in [6, 6.07) is 12.4. The molecule has 1 aliphatic rings. The number of carbonyl (C=O) groups excluding carboxylic acids is 1. The molecule has 126 valence electrons. The number of aryl methyl sites for hydroxylation is 1. The van der Waals surface area contributed by atoms with Crippen LogP contribution in [-0.2, 0) is 0 Å². The van der Waals surface area contributed by atoms with E-state index in [4.69, 9.17) is 0 Å². The van der Waals surface area contributed by atoms with Gasteiger partial charge in [-0.05, 0) is 50.6 Å². The summed E-state index contributed by atoms with van der Waals surface area (Å²) in [5, 5.41) is 3.10. The van der Waals surface area contributed by atoms with Crippen LogP contribution in [0.25, 0.3) is 0 Å². The topological polar surface area (TPSA) is 45.2 Å². The molecule has 0 bridgehead atoms. The third kappa shape index (κ3) is 4.20. The van der Waals surface area contributed by atoms with Crippen molar-refractivity contribution in [3.8, 4) is 0 Å². The molecule has 1 unspecified atom stereocenters. The van der Waals surface area contributed by atoms with Crippen LogP contribution in [0.4, 0.5) is 0 Å². The van der Waals surface area contributed by atoms with Gasteiger partial charge in [-0.1, -0.05) is 36.2 Å². The Hall–Kier alpha value is -2.20. The molecular formula is C20H25N3O. The van der Waals surface area contributed by atoms with E-state index in [0.717, 1.165) is 13.1 Å². The Labute approximate surface area is 143 Å². The molecule has 1 amide bonds. The standard InChI is InChI=1S/C20H25N3O/c1-16-5-7-17(8-6-16)19(23-13-3-2-4-14-23)15-22-20(24)18-9-11-21-12-10-18/h5-12,19H,2-4,13-15H2,1H3,(H,22,24). The van der Waals surface area contributed by atoms with Crippen LogP contribution in [0, 0.1) is 6.92 Å². The van der Waals surface area contributed by atoms with Crippen molar-refractivity contribution in [1.82, 2.24) is 15.2 Å². The van der Waals surface area contributed by atoms with Crippen LogP contribution in [0.5, 0.6) is 0 Å². The molecule has 4 heteroatoms. The Kier molecular flexibility index (Phi) is 5.59. The highest BCUT2D eigenvalue weighted by Crippen LogP contribution is 2.24. The van der Waals surface area contributed by atoms with Crippen LogP contribution in [-0.4, -0.2) is 35.4 Å². The van der Waals surface area contributed by atoms with Gasteiger partial charge >= 0.3 is 0 Å². The molecule has 4 nitrogen and oxygen atoms in total. The molecule has 2 aromatic rings. The summed E-state index contributed by atoms with van der Waals surface area (Å²) in [5.41, 5.74) is 3.20. The van der Waals surface area contributed by atoms with Crippen molar-refractivity contribution in [2.45, 2.75) is 32.2 Å². The monoisotopic (exact) mass is 323 g/mol. The second-order valence-electron chi connectivity index (χ2n) is 6.47. The average molecular weight is 323 g/mol. The number of amides is 1. The molecule has 3 rings (SSSR count). The summed E-state index contributed by atoms with van der Waals surface area (Å²) >= 11 is 0. The number of hydrogen-bond donors (Lipinski definition) is 1. The Morgan fingerprint density at radius 1 is 1.08 bits per heavy atom. The molecule has 1 fully saturated rings. The summed E-state index contributed by atoms with van der Waals surface area (Å²) in [4.78, 5) is 18.8. The first-order valence-electron chi connectivity index (χ1n) is 8.73. The third-order valence-corrected chi connectivity index (χ3v) is 4.69. The predicted octanol–water partition coefficient (Wildman–Crippen LogP) is 3.35. The SMILES string of the molecule is Cc1ccc(C(CNC(=O)c2ccncc2)N2CCCCC2)cc1. The smallest absolute Gasteiger partial charge is 0.251 e. The van der Waals surface area contributed by atoms with Crippen molar-refractivity contribution in [3.63, 3.8) is 0 Å². The number of pyridine rings is 1. The van der Waals surface area contributed by atoms with E-state index < -0.39 is 0 Å². The van der Waals surface area contributed by atoms with Gasteiger partial charge in [0, 0.05) is 24.5 Å². The van der Waals surface area contributed by atoms with Crippen molar-refractivity contribution in [1.29, 1.82) is 0 Å². The van der Waals surface area contributed by atoms with Gasteiger partial charge in [0.2, 0.25) is 0 Å². The highest BCUT2D eigenvalue weighted by atomic mass is 16.1. The van der Waals surface area contributed by atoms with Crippen LogP contribution in [0.15, 0.2) is 48.8 Å². The average Bonchev–Trinajstić information content (AvgIpc) is 2.65. The summed E-state index contributed by atoms with van der Waals surface area (Å²) in [6.07, 6.45) is 7.08. The Bertz CT molecular complexity index is 648. The number of nitrogens with zero attached hydrogens (tertiary/aromatic N) is 2. The molecule has 1 aromatic heterocycles. The van der Waals surface area contributed by atoms with E-state index in [2.05, 4.69) is 46.4 Å². The minimum atomic E-state index is -0.0356. The van der Waals surface area contributed by atoms with E-state index in [9.17, 15) is 4.79 Å². The summed E-state index contributed by atoms with van der Waals surface area (Å²) < 4.78 is 0. The van der Waals surface area contributed by atoms with Gasteiger partial charge in [-0.25, -0.2) is 0 Å². The normalized spacial score (nSPS) is 16.5. The molecule has 1 aromatic carbocycles. The molecule has 1 atom stereocenters. The zero-order valence-electron chi connectivity index (χ0n) is 14.2. The summed E-state index contributed by atoms with van der Waals surface area (Å²) in [6.45, 7) is 4.93. The number of benzene rings is 1. The van der Waals surface area contributed by atoms with Crippen molar-refractivity contribution in [2.24, 2.45) is 0 Å². The first-order chi connectivity index (χ1) is 11.7. The maximum absolute atomic E-state index is 12.4. The number of likely N-dealkylation sites (tertiary alicyclic amines) is 1. The number of nitrogens with one attached hydrogen (secondary N) is 1. The van der Waals surface area contributed by atoms with Crippen LogP contribution >= 0.6 is 0 Å². The molecule has 0 spiro atoms. The van der Waals surface area contributed by atoms with Crippen LogP contribution in [0.1, 0.15) is 46.8 Å². The van der Waals surface area contributed by atoms with E-state index in [0.29, 0.717) is 12.1 Å². The lowest BCUT2D eigenvalue weighted by Crippen LogP contribution is -2.40. The first-order valence-corrected chi connectivity index (χ1v) is 8.73. The van der Waals surface area contributed by atoms with E-state index in [1.165, 1.54) is 30.4 Å². The minimum absolute atomic E-state index is 0.0356. The molecule has 1 saturated heterocycles. The Morgan fingerprint density at radius 3 is 2.42 bits per heavy atom. The first kappa shape index (κ1) is 16.7.